The van der Waals surface area contributed by atoms with E-state index in [0.29, 0.717) is 11.1 Å². The number of benzene rings is 2. The van der Waals surface area contributed by atoms with E-state index in [1.54, 1.807) is 36.4 Å². The lowest BCUT2D eigenvalue weighted by molar-refractivity contribution is 0.589. The third-order valence-electron chi connectivity index (χ3n) is 3.66. The molecular formula is C17H17N5O2S. The van der Waals surface area contributed by atoms with Gasteiger partial charge in [0.15, 0.2) is 0 Å². The molecule has 0 amide bonds. The summed E-state index contributed by atoms with van der Waals surface area (Å²) in [6, 6.07) is 13.9. The van der Waals surface area contributed by atoms with Gasteiger partial charge in [-0.3, -0.25) is 0 Å². The average molecular weight is 355 g/mol. The Morgan fingerprint density at radius 3 is 2.44 bits per heavy atom. The first-order valence-corrected chi connectivity index (χ1v) is 8.88. The van der Waals surface area contributed by atoms with Gasteiger partial charge in [-0.05, 0) is 25.1 Å². The number of aromatic nitrogens is 1. The van der Waals surface area contributed by atoms with E-state index in [2.05, 4.69) is 10.2 Å². The highest BCUT2D eigenvalue weighted by Gasteiger charge is 2.20. The van der Waals surface area contributed by atoms with Crippen molar-refractivity contribution in [1.29, 1.82) is 0 Å². The van der Waals surface area contributed by atoms with Crippen LogP contribution in [0.2, 0.25) is 0 Å². The van der Waals surface area contributed by atoms with Crippen LogP contribution in [-0.2, 0) is 10.0 Å². The van der Waals surface area contributed by atoms with Crippen molar-refractivity contribution in [2.45, 2.75) is 11.8 Å². The number of nitrogens with two attached hydrogens (primary N) is 2. The Morgan fingerprint density at radius 2 is 1.76 bits per heavy atom. The number of aryl methyl sites for hydroxylation is 1. The molecule has 7 nitrogen and oxygen atoms in total. The number of hydrogen-bond donors (Lipinski definition) is 2. The lowest BCUT2D eigenvalue weighted by atomic mass is 10.2. The largest absolute Gasteiger partial charge is 0.369 e. The van der Waals surface area contributed by atoms with Gasteiger partial charge in [-0.2, -0.15) is 5.10 Å². The molecule has 4 N–H and O–H groups in total. The van der Waals surface area contributed by atoms with Gasteiger partial charge in [0.05, 0.1) is 16.6 Å². The molecule has 0 radical (unpaired) electrons. The zero-order valence-electron chi connectivity index (χ0n) is 13.5. The molecule has 25 heavy (non-hydrogen) atoms. The van der Waals surface area contributed by atoms with Crippen molar-refractivity contribution < 1.29 is 8.42 Å². The number of guanidine groups is 1. The van der Waals surface area contributed by atoms with Crippen LogP contribution in [-0.4, -0.2) is 24.6 Å². The zero-order chi connectivity index (χ0) is 18.0. The molecule has 1 heterocycles. The Bertz CT molecular complexity index is 1080. The fraction of sp³-hybridized carbons (Fsp3) is 0.0588. The van der Waals surface area contributed by atoms with Crippen LogP contribution in [0, 0.1) is 6.92 Å². The standard InChI is InChI=1S/C17H17N5O2S/c1-12-6-8-14(9-7-12)25(23,24)22-11-13(10-20-21-17(18)19)15-4-2-3-5-16(15)22/h2-11H,1H3,(H4,18,19,21)/b20-10+. The minimum Gasteiger partial charge on any atom is -0.369 e. The summed E-state index contributed by atoms with van der Waals surface area (Å²) in [5, 5.41) is 8.05. The summed E-state index contributed by atoms with van der Waals surface area (Å²) < 4.78 is 27.3. The van der Waals surface area contributed by atoms with Crippen LogP contribution in [0.25, 0.3) is 10.9 Å². The molecule has 1 aromatic heterocycles. The third-order valence-corrected chi connectivity index (χ3v) is 5.34. The SMILES string of the molecule is Cc1ccc(S(=O)(=O)n2cc(/C=N/N=C(N)N)c3ccccc32)cc1. The Labute approximate surface area is 145 Å². The average Bonchev–Trinajstić information content (AvgIpc) is 2.95. The molecule has 128 valence electrons. The fourth-order valence-electron chi connectivity index (χ4n) is 2.46. The predicted octanol–water partition coefficient (Wildman–Crippen LogP) is 1.79. The molecule has 0 aliphatic carbocycles. The number of hydrogen-bond acceptors (Lipinski definition) is 4. The number of rotatable bonds is 4. The van der Waals surface area contributed by atoms with Crippen molar-refractivity contribution in [3.05, 3.63) is 65.9 Å². The lowest BCUT2D eigenvalue weighted by Crippen LogP contribution is -2.21. The molecule has 0 saturated heterocycles. The van der Waals surface area contributed by atoms with Gasteiger partial charge in [0.1, 0.15) is 0 Å². The molecule has 0 atom stereocenters. The van der Waals surface area contributed by atoms with E-state index in [0.717, 1.165) is 10.9 Å². The summed E-state index contributed by atoms with van der Waals surface area (Å²) in [5.41, 5.74) is 12.6. The smallest absolute Gasteiger partial charge is 0.268 e. The van der Waals surface area contributed by atoms with Crippen molar-refractivity contribution in [3.8, 4) is 0 Å². The third kappa shape index (κ3) is 3.24. The van der Waals surface area contributed by atoms with Crippen LogP contribution in [0.4, 0.5) is 0 Å². The highest BCUT2D eigenvalue weighted by Crippen LogP contribution is 2.25. The monoisotopic (exact) mass is 355 g/mol. The first kappa shape index (κ1) is 16.7. The highest BCUT2D eigenvalue weighted by molar-refractivity contribution is 7.90. The molecule has 2 aromatic carbocycles. The maximum atomic E-state index is 13.0. The van der Waals surface area contributed by atoms with Gasteiger partial charge in [-0.25, -0.2) is 12.4 Å². The van der Waals surface area contributed by atoms with Gasteiger partial charge in [-0.1, -0.05) is 35.9 Å². The number of nitrogens with zero attached hydrogens (tertiary/aromatic N) is 3. The fourth-order valence-corrected chi connectivity index (χ4v) is 3.84. The topological polar surface area (TPSA) is 116 Å². The molecule has 8 heteroatoms. The summed E-state index contributed by atoms with van der Waals surface area (Å²) in [6.45, 7) is 1.90. The van der Waals surface area contributed by atoms with E-state index in [1.807, 2.05) is 19.1 Å². The van der Waals surface area contributed by atoms with Crippen molar-refractivity contribution in [1.82, 2.24) is 3.97 Å². The van der Waals surface area contributed by atoms with E-state index in [4.69, 9.17) is 11.5 Å². The summed E-state index contributed by atoms with van der Waals surface area (Å²) in [4.78, 5) is 0.214. The number of para-hydroxylation sites is 1. The van der Waals surface area contributed by atoms with E-state index in [9.17, 15) is 8.42 Å². The van der Waals surface area contributed by atoms with Gasteiger partial charge in [0.25, 0.3) is 10.0 Å². The maximum absolute atomic E-state index is 13.0. The summed E-state index contributed by atoms with van der Waals surface area (Å²) >= 11 is 0. The van der Waals surface area contributed by atoms with Crippen molar-refractivity contribution in [2.24, 2.45) is 21.7 Å². The second kappa shape index (κ2) is 6.40. The van der Waals surface area contributed by atoms with Gasteiger partial charge in [0, 0.05) is 17.1 Å². The second-order valence-electron chi connectivity index (χ2n) is 5.48. The molecule has 0 aliphatic heterocycles. The molecule has 0 saturated carbocycles. The maximum Gasteiger partial charge on any atom is 0.268 e. The van der Waals surface area contributed by atoms with E-state index < -0.39 is 10.0 Å². The predicted molar refractivity (Wildman–Crippen MR) is 99.1 cm³/mol. The Hall–Kier alpha value is -3.13. The first-order valence-electron chi connectivity index (χ1n) is 7.44. The lowest BCUT2D eigenvalue weighted by Gasteiger charge is -2.07. The van der Waals surface area contributed by atoms with Crippen LogP contribution >= 0.6 is 0 Å². The highest BCUT2D eigenvalue weighted by atomic mass is 32.2. The van der Waals surface area contributed by atoms with Crippen LogP contribution in [0.3, 0.4) is 0 Å². The quantitative estimate of drug-likeness (QED) is 0.421. The number of fused-ring (bicyclic) bond motifs is 1. The van der Waals surface area contributed by atoms with Crippen molar-refractivity contribution in [3.63, 3.8) is 0 Å². The van der Waals surface area contributed by atoms with E-state index in [-0.39, 0.29) is 10.9 Å². The second-order valence-corrected chi connectivity index (χ2v) is 7.30. The molecule has 0 aliphatic rings. The van der Waals surface area contributed by atoms with Crippen LogP contribution < -0.4 is 11.5 Å². The van der Waals surface area contributed by atoms with Gasteiger partial charge in [-0.15, -0.1) is 5.10 Å². The molecule has 3 aromatic rings. The zero-order valence-corrected chi connectivity index (χ0v) is 14.3. The molecule has 0 unspecified atom stereocenters. The summed E-state index contributed by atoms with van der Waals surface area (Å²) in [6.07, 6.45) is 2.93. The Balaban J connectivity index is 2.18. The van der Waals surface area contributed by atoms with Gasteiger partial charge in [0.2, 0.25) is 5.96 Å². The molecule has 0 fully saturated rings. The summed E-state index contributed by atoms with van der Waals surface area (Å²) in [5.74, 6) is -0.174. The van der Waals surface area contributed by atoms with Crippen molar-refractivity contribution in [2.75, 3.05) is 0 Å². The summed E-state index contributed by atoms with van der Waals surface area (Å²) in [7, 11) is -3.73. The Kier molecular flexibility index (Phi) is 4.28. The van der Waals surface area contributed by atoms with Crippen LogP contribution in [0.1, 0.15) is 11.1 Å². The first-order chi connectivity index (χ1) is 11.9. The molecular weight excluding hydrogens is 338 g/mol. The molecule has 0 spiro atoms. The minimum absolute atomic E-state index is 0.174. The normalized spacial score (nSPS) is 11.9. The van der Waals surface area contributed by atoms with Gasteiger partial charge < -0.3 is 11.5 Å². The van der Waals surface area contributed by atoms with Crippen LogP contribution in [0.15, 0.2) is 69.8 Å². The van der Waals surface area contributed by atoms with Crippen molar-refractivity contribution >= 4 is 33.1 Å². The van der Waals surface area contributed by atoms with Crippen LogP contribution in [0.5, 0.6) is 0 Å². The molecule has 3 rings (SSSR count). The Morgan fingerprint density at radius 1 is 1.08 bits per heavy atom. The van der Waals surface area contributed by atoms with Gasteiger partial charge >= 0.3 is 0 Å². The minimum atomic E-state index is -3.73. The molecule has 0 bridgehead atoms. The van der Waals surface area contributed by atoms with E-state index in [1.165, 1.54) is 16.4 Å². The van der Waals surface area contributed by atoms with E-state index >= 15 is 0 Å².